The molecule has 476 valence electrons. The summed E-state index contributed by atoms with van der Waals surface area (Å²) < 4.78 is 0. The molecule has 0 aliphatic heterocycles. The van der Waals surface area contributed by atoms with Crippen molar-refractivity contribution in [2.75, 3.05) is 25.5 Å². The van der Waals surface area contributed by atoms with E-state index in [0.717, 1.165) is 15.8 Å². The van der Waals surface area contributed by atoms with Crippen molar-refractivity contribution in [3.63, 3.8) is 0 Å². The summed E-state index contributed by atoms with van der Waals surface area (Å²) in [6.07, 6.45) is 0.758. The minimum absolute atomic E-state index is 0.0162. The number of hydrogen-bond donors (Lipinski definition) is 14. The number of carboxylic acid groups (broad SMARTS) is 1. The van der Waals surface area contributed by atoms with Gasteiger partial charge in [0, 0.05) is 56.9 Å². The van der Waals surface area contributed by atoms with E-state index in [1.165, 1.54) is 33.0 Å². The number of para-hydroxylation sites is 2. The number of phenolic OH excluding ortho intramolecular Hbond substituents is 1. The van der Waals surface area contributed by atoms with Gasteiger partial charge in [0.15, 0.2) is 0 Å². The fourth-order valence-electron chi connectivity index (χ4n) is 9.49. The number of hydrazine groups is 1. The smallest absolute Gasteiger partial charge is 0.319 e. The van der Waals surface area contributed by atoms with Crippen LogP contribution in [0.3, 0.4) is 0 Å². The van der Waals surface area contributed by atoms with Crippen molar-refractivity contribution in [3.8, 4) is 5.75 Å². The number of aromatic hydroxyl groups is 1. The number of H-pyrrole nitrogens is 1. The molecule has 11 amide bonds. The van der Waals surface area contributed by atoms with Gasteiger partial charge < -0.3 is 68.4 Å². The lowest BCUT2D eigenvalue weighted by Crippen LogP contribution is -2.61. The summed E-state index contributed by atoms with van der Waals surface area (Å²) in [5, 5.41) is 41.4. The SMILES string of the molecule is CC(=O)N[C@@H](Cc1c[nH]c2ccccc12)C(=O)N[C@H](CCCCNC(=O)Nc1ccccc1Cl)C(=O)N[C@@H](CC(=O)O)C(=O)N(C)[C@@H](Cc1ccccc1)C(=O)NNC(=O)[C@H](Cc1ccccc1)NC(=O)CNC(=O)[C@@H](C)NC(=O)[C@@H](N)Cc1ccc(O)cc1. The molecule has 1 heterocycles. The van der Waals surface area contributed by atoms with Crippen LogP contribution in [-0.4, -0.2) is 148 Å². The predicted octanol–water partition coefficient (Wildman–Crippen LogP) is 2.15. The molecule has 0 spiro atoms. The molecular weight excluding hydrogens is 1180 g/mol. The number of aromatic amines is 1. The minimum atomic E-state index is -1.87. The molecule has 0 radical (unpaired) electrons. The van der Waals surface area contributed by atoms with Crippen LogP contribution >= 0.6 is 11.6 Å². The van der Waals surface area contributed by atoms with Gasteiger partial charge in [-0.2, -0.15) is 0 Å². The number of carboxylic acids is 1. The zero-order valence-corrected chi connectivity index (χ0v) is 50.4. The van der Waals surface area contributed by atoms with Gasteiger partial charge in [-0.1, -0.05) is 115 Å². The Balaban J connectivity index is 1.15. The highest BCUT2D eigenvalue weighted by Gasteiger charge is 2.36. The Morgan fingerprint density at radius 1 is 0.589 bits per heavy atom. The van der Waals surface area contributed by atoms with Crippen molar-refractivity contribution >= 4 is 93.4 Å². The molecule has 7 atom stereocenters. The third-order valence-electron chi connectivity index (χ3n) is 14.3. The van der Waals surface area contributed by atoms with E-state index in [-0.39, 0.29) is 57.2 Å². The van der Waals surface area contributed by atoms with Crippen LogP contribution in [0.4, 0.5) is 10.5 Å². The summed E-state index contributed by atoms with van der Waals surface area (Å²) in [5.41, 5.74) is 14.3. The number of rotatable bonds is 31. The number of nitrogens with two attached hydrogens (primary N) is 1. The summed E-state index contributed by atoms with van der Waals surface area (Å²) in [6, 6.07) is 26.6. The zero-order chi connectivity index (χ0) is 65.3. The predicted molar refractivity (Wildman–Crippen MR) is 334 cm³/mol. The number of benzene rings is 5. The van der Waals surface area contributed by atoms with Crippen LogP contribution in [0.25, 0.3) is 10.9 Å². The first kappa shape index (κ1) is 68.8. The van der Waals surface area contributed by atoms with Crippen LogP contribution in [0, 0.1) is 0 Å². The maximum Gasteiger partial charge on any atom is 0.319 e. The molecule has 0 unspecified atom stereocenters. The number of phenols is 1. The van der Waals surface area contributed by atoms with Gasteiger partial charge in [-0.25, -0.2) is 4.79 Å². The number of aromatic nitrogens is 1. The van der Waals surface area contributed by atoms with E-state index in [1.807, 2.05) is 18.2 Å². The molecule has 0 fully saturated rings. The van der Waals surface area contributed by atoms with Gasteiger partial charge >= 0.3 is 12.0 Å². The van der Waals surface area contributed by atoms with E-state index in [2.05, 4.69) is 58.4 Å². The molecule has 6 aromatic rings. The molecule has 0 bridgehead atoms. The van der Waals surface area contributed by atoms with Crippen molar-refractivity contribution in [1.29, 1.82) is 0 Å². The van der Waals surface area contributed by atoms with Crippen LogP contribution in [0.5, 0.6) is 5.75 Å². The number of unbranched alkanes of at least 4 members (excludes halogenated alkanes) is 1. The molecule has 0 aliphatic rings. The Hall–Kier alpha value is -10.3. The number of likely N-dealkylation sites (N-methyl/N-ethyl adjacent to an activating group) is 1. The molecule has 0 saturated heterocycles. The van der Waals surface area contributed by atoms with Gasteiger partial charge in [0.1, 0.15) is 42.0 Å². The van der Waals surface area contributed by atoms with Gasteiger partial charge in [-0.3, -0.25) is 58.8 Å². The number of fused-ring (bicyclic) bond motifs is 1. The molecule has 0 aliphatic carbocycles. The summed E-state index contributed by atoms with van der Waals surface area (Å²) in [4.78, 5) is 153. The topological polar surface area (TPSA) is 394 Å². The number of anilines is 1. The van der Waals surface area contributed by atoms with Crippen LogP contribution in [0.1, 0.15) is 61.8 Å². The normalized spacial score (nSPS) is 13.2. The van der Waals surface area contributed by atoms with Gasteiger partial charge in [0.2, 0.25) is 41.4 Å². The van der Waals surface area contributed by atoms with Crippen molar-refractivity contribution in [2.24, 2.45) is 5.73 Å². The lowest BCUT2D eigenvalue weighted by Gasteiger charge is -2.31. The minimum Gasteiger partial charge on any atom is -0.508 e. The second-order valence-corrected chi connectivity index (χ2v) is 21.7. The Morgan fingerprint density at radius 3 is 1.84 bits per heavy atom. The average Bonchev–Trinajstić information content (AvgIpc) is 1.72. The maximum atomic E-state index is 14.7. The number of urea groups is 1. The van der Waals surface area contributed by atoms with Crippen molar-refractivity contribution in [3.05, 3.63) is 167 Å². The number of nitrogens with zero attached hydrogens (tertiary/aromatic N) is 1. The molecule has 0 saturated carbocycles. The number of amides is 11. The molecule has 26 nitrogen and oxygen atoms in total. The number of carbonyl (C=O) groups excluding carboxylic acids is 10. The molecular formula is C63H74ClN13O13. The quantitative estimate of drug-likeness (QED) is 0.0219. The van der Waals surface area contributed by atoms with Crippen molar-refractivity contribution < 1.29 is 63.0 Å². The maximum absolute atomic E-state index is 14.7. The van der Waals surface area contributed by atoms with E-state index in [4.69, 9.17) is 17.3 Å². The number of hydrogen-bond acceptors (Lipinski definition) is 13. The first-order valence-electron chi connectivity index (χ1n) is 28.8. The van der Waals surface area contributed by atoms with Crippen LogP contribution in [0.2, 0.25) is 5.02 Å². The van der Waals surface area contributed by atoms with E-state index in [1.54, 1.807) is 109 Å². The Labute approximate surface area is 523 Å². The Bertz CT molecular complexity index is 3480. The highest BCUT2D eigenvalue weighted by molar-refractivity contribution is 6.33. The van der Waals surface area contributed by atoms with Gasteiger partial charge in [0.05, 0.1) is 29.7 Å². The molecule has 6 rings (SSSR count). The number of nitrogens with one attached hydrogen (secondary N) is 11. The van der Waals surface area contributed by atoms with E-state index in [0.29, 0.717) is 33.0 Å². The summed E-state index contributed by atoms with van der Waals surface area (Å²) >= 11 is 6.19. The Kier molecular flexibility index (Phi) is 26.2. The summed E-state index contributed by atoms with van der Waals surface area (Å²) in [7, 11) is 1.19. The lowest BCUT2D eigenvalue weighted by atomic mass is 10.0. The highest BCUT2D eigenvalue weighted by Crippen LogP contribution is 2.22. The summed E-state index contributed by atoms with van der Waals surface area (Å²) in [5.74, 6) is -9.07. The first-order valence-corrected chi connectivity index (χ1v) is 29.2. The highest BCUT2D eigenvalue weighted by atomic mass is 35.5. The van der Waals surface area contributed by atoms with E-state index in [9.17, 15) is 63.0 Å². The number of halogens is 1. The molecule has 90 heavy (non-hydrogen) atoms. The summed E-state index contributed by atoms with van der Waals surface area (Å²) in [6.45, 7) is 2.04. The van der Waals surface area contributed by atoms with E-state index >= 15 is 0 Å². The third-order valence-corrected chi connectivity index (χ3v) is 14.6. The van der Waals surface area contributed by atoms with Gasteiger partial charge in [-0.15, -0.1) is 0 Å². The lowest BCUT2D eigenvalue weighted by molar-refractivity contribution is -0.146. The molecule has 5 aromatic carbocycles. The molecule has 15 N–H and O–H groups in total. The standard InChI is InChI=1S/C63H74ClN13O13/c1-37(69-57(84)46(65)30-41-25-27-43(79)28-26-41)56(83)68-36-54(80)71-50(31-39-16-6-4-7-17-39)60(87)75-76-61(88)53(32-40-18-8-5-9-19-40)77(3)62(89)52(34-55(81)82)73-58(85)49(24-14-15-29-66-63(90)74-48-23-13-11-21-45(48)64)72-59(86)51(70-38(2)78)33-42-35-67-47-22-12-10-20-44(42)47/h4-13,16-23,25-28,35,37,46,49-53,67,79H,14-15,24,29-34,36,65H2,1-3H3,(H,68,83)(H,69,84)(H,70,78)(H,71,80)(H,72,86)(H,73,85)(H,75,87)(H,76,88)(H,81,82)(H2,66,74,90)/t37-,46+,49-,50+,51+,52+,53+/m1/s1. The second kappa shape index (κ2) is 34.3. The van der Waals surface area contributed by atoms with Gasteiger partial charge in [-0.05, 0) is 85.2 Å². The molecule has 1 aromatic heterocycles. The Morgan fingerprint density at radius 2 is 1.18 bits per heavy atom. The van der Waals surface area contributed by atoms with Gasteiger partial charge in [0.25, 0.3) is 11.8 Å². The number of carbonyl (C=O) groups is 11. The zero-order valence-electron chi connectivity index (χ0n) is 49.7. The van der Waals surface area contributed by atoms with Crippen LogP contribution < -0.4 is 59.1 Å². The average molecular weight is 1260 g/mol. The third kappa shape index (κ3) is 21.8. The van der Waals surface area contributed by atoms with Crippen molar-refractivity contribution in [1.82, 2.24) is 58.0 Å². The van der Waals surface area contributed by atoms with Crippen LogP contribution in [-0.2, 0) is 73.6 Å². The van der Waals surface area contributed by atoms with Crippen molar-refractivity contribution in [2.45, 2.75) is 108 Å². The van der Waals surface area contributed by atoms with Crippen LogP contribution in [0.15, 0.2) is 140 Å². The number of aliphatic carboxylic acids is 1. The molecule has 27 heteroatoms. The largest absolute Gasteiger partial charge is 0.508 e. The fourth-order valence-corrected chi connectivity index (χ4v) is 9.68. The second-order valence-electron chi connectivity index (χ2n) is 21.3. The fraction of sp³-hybridized carbons (Fsp3) is 0.317. The first-order chi connectivity index (χ1) is 43.0. The monoisotopic (exact) mass is 1260 g/mol. The van der Waals surface area contributed by atoms with E-state index < -0.39 is 120 Å².